The summed E-state index contributed by atoms with van der Waals surface area (Å²) >= 11 is 1.30. The Hall–Kier alpha value is -3.31. The molecule has 2 aromatic heterocycles. The van der Waals surface area contributed by atoms with Crippen molar-refractivity contribution in [3.05, 3.63) is 40.7 Å². The Morgan fingerprint density at radius 1 is 1.22 bits per heavy atom. The van der Waals surface area contributed by atoms with E-state index in [2.05, 4.69) is 20.3 Å². The Labute approximate surface area is 187 Å². The third kappa shape index (κ3) is 4.94. The van der Waals surface area contributed by atoms with Crippen molar-refractivity contribution in [2.24, 2.45) is 5.73 Å². The van der Waals surface area contributed by atoms with E-state index in [1.807, 2.05) is 6.07 Å². The highest BCUT2D eigenvalue weighted by atomic mass is 32.1. The first-order valence-electron chi connectivity index (χ1n) is 10.5. The summed E-state index contributed by atoms with van der Waals surface area (Å²) in [6.45, 7) is 1.79. The van der Waals surface area contributed by atoms with Crippen LogP contribution in [0.5, 0.6) is 0 Å². The van der Waals surface area contributed by atoms with E-state index in [0.29, 0.717) is 21.5 Å². The lowest BCUT2D eigenvalue weighted by Crippen LogP contribution is -2.36. The zero-order valence-electron chi connectivity index (χ0n) is 17.4. The van der Waals surface area contributed by atoms with Gasteiger partial charge < -0.3 is 21.1 Å². The number of carboxylic acids is 1. The average molecular weight is 457 g/mol. The number of carbonyl (C=O) groups excluding carboxylic acids is 1. The number of hydrogen-bond donors (Lipinski definition) is 3. The van der Waals surface area contributed by atoms with Crippen LogP contribution in [0.2, 0.25) is 0 Å². The van der Waals surface area contributed by atoms with Gasteiger partial charge in [-0.1, -0.05) is 23.5 Å². The van der Waals surface area contributed by atoms with Crippen LogP contribution in [0.1, 0.15) is 32.1 Å². The number of nitrogens with zero attached hydrogens (tertiary/aromatic N) is 4. The molecule has 32 heavy (non-hydrogen) atoms. The summed E-state index contributed by atoms with van der Waals surface area (Å²) in [6, 6.07) is 7.63. The fourth-order valence-electron chi connectivity index (χ4n) is 3.58. The zero-order chi connectivity index (χ0) is 22.7. The smallest absolute Gasteiger partial charge is 0.303 e. The quantitative estimate of drug-likeness (QED) is 0.489. The first-order valence-corrected chi connectivity index (χ1v) is 11.3. The summed E-state index contributed by atoms with van der Waals surface area (Å²) in [5, 5.41) is 16.4. The number of fused-ring (bicyclic) bond motifs is 1. The minimum Gasteiger partial charge on any atom is -0.481 e. The predicted molar refractivity (Wildman–Crippen MR) is 122 cm³/mol. The van der Waals surface area contributed by atoms with Crippen molar-refractivity contribution in [2.45, 2.75) is 38.1 Å². The molecule has 1 fully saturated rings. The number of nitrogens with one attached hydrogen (secondary N) is 1. The molecule has 0 spiro atoms. The summed E-state index contributed by atoms with van der Waals surface area (Å²) in [5.74, 6) is -0.781. The maximum atomic E-state index is 12.6. The molecule has 168 valence electrons. The summed E-state index contributed by atoms with van der Waals surface area (Å²) in [4.78, 5) is 42.8. The van der Waals surface area contributed by atoms with Gasteiger partial charge in [-0.3, -0.25) is 14.4 Å². The van der Waals surface area contributed by atoms with Gasteiger partial charge in [-0.2, -0.15) is 9.61 Å². The third-order valence-corrected chi connectivity index (χ3v) is 6.25. The van der Waals surface area contributed by atoms with Crippen LogP contribution in [-0.2, 0) is 9.59 Å². The maximum Gasteiger partial charge on any atom is 0.303 e. The number of nitrogens with two attached hydrogens (primary N) is 1. The largest absolute Gasteiger partial charge is 0.481 e. The molecular formula is C21H24N6O4S. The van der Waals surface area contributed by atoms with E-state index in [4.69, 9.17) is 10.8 Å². The number of aliphatic carboxylic acids is 1. The van der Waals surface area contributed by atoms with E-state index in [-0.39, 0.29) is 18.4 Å². The standard InChI is InChI=1S/C21H24N6O4S/c22-15(7-8-18(29)30)19(31)23-14-6-4-5-13(11-14)20-25-27-17(28)12-16(24-21(27)32-20)26-9-2-1-3-10-26/h4-6,11-12,15H,1-3,7-10,22H2,(H,23,31)(H,29,30)/t15-/m0/s1. The Morgan fingerprint density at radius 2 is 2.00 bits per heavy atom. The van der Waals surface area contributed by atoms with E-state index < -0.39 is 17.9 Å². The number of carbonyl (C=O) groups is 2. The van der Waals surface area contributed by atoms with Crippen LogP contribution in [0.3, 0.4) is 0 Å². The van der Waals surface area contributed by atoms with E-state index in [1.165, 1.54) is 28.3 Å². The van der Waals surface area contributed by atoms with Gasteiger partial charge in [0.15, 0.2) is 0 Å². The molecule has 1 aliphatic heterocycles. The molecule has 0 aliphatic carbocycles. The topological polar surface area (TPSA) is 143 Å². The van der Waals surface area contributed by atoms with Gasteiger partial charge in [0, 0.05) is 36.8 Å². The van der Waals surface area contributed by atoms with Crippen LogP contribution in [0.4, 0.5) is 11.5 Å². The van der Waals surface area contributed by atoms with E-state index in [0.717, 1.165) is 31.5 Å². The fraction of sp³-hybridized carbons (Fsp3) is 0.381. The van der Waals surface area contributed by atoms with E-state index in [9.17, 15) is 14.4 Å². The first kappa shape index (κ1) is 21.9. The molecule has 0 unspecified atom stereocenters. The van der Waals surface area contributed by atoms with E-state index in [1.54, 1.807) is 18.2 Å². The average Bonchev–Trinajstić information content (AvgIpc) is 3.23. The van der Waals surface area contributed by atoms with Gasteiger partial charge >= 0.3 is 5.97 Å². The van der Waals surface area contributed by atoms with Crippen molar-refractivity contribution in [2.75, 3.05) is 23.3 Å². The van der Waals surface area contributed by atoms with Crippen LogP contribution >= 0.6 is 11.3 Å². The molecule has 3 aromatic rings. The van der Waals surface area contributed by atoms with Crippen molar-refractivity contribution in [1.82, 2.24) is 14.6 Å². The summed E-state index contributed by atoms with van der Waals surface area (Å²) in [6.07, 6.45) is 3.24. The van der Waals surface area contributed by atoms with Gasteiger partial charge in [0.1, 0.15) is 10.8 Å². The second-order valence-electron chi connectivity index (χ2n) is 7.71. The first-order chi connectivity index (χ1) is 15.4. The van der Waals surface area contributed by atoms with E-state index >= 15 is 0 Å². The lowest BCUT2D eigenvalue weighted by molar-refractivity contribution is -0.137. The van der Waals surface area contributed by atoms with Crippen LogP contribution in [0.15, 0.2) is 35.1 Å². The Balaban J connectivity index is 1.55. The van der Waals surface area contributed by atoms with Gasteiger partial charge in [0.2, 0.25) is 10.9 Å². The molecule has 0 saturated carbocycles. The summed E-state index contributed by atoms with van der Waals surface area (Å²) in [7, 11) is 0. The van der Waals surface area contributed by atoms with Gasteiger partial charge in [-0.15, -0.1) is 0 Å². The second kappa shape index (κ2) is 9.45. The highest BCUT2D eigenvalue weighted by Gasteiger charge is 2.18. The van der Waals surface area contributed by atoms with Crippen molar-refractivity contribution in [3.8, 4) is 10.6 Å². The molecule has 0 radical (unpaired) electrons. The van der Waals surface area contributed by atoms with Crippen molar-refractivity contribution >= 4 is 39.7 Å². The molecule has 1 aromatic carbocycles. The molecule has 4 rings (SSSR count). The second-order valence-corrected chi connectivity index (χ2v) is 8.67. The highest BCUT2D eigenvalue weighted by Crippen LogP contribution is 2.27. The minimum atomic E-state index is -1.00. The Bertz CT molecular complexity index is 1200. The summed E-state index contributed by atoms with van der Waals surface area (Å²) in [5.41, 5.74) is 6.77. The Morgan fingerprint density at radius 3 is 2.75 bits per heavy atom. The van der Waals surface area contributed by atoms with Gasteiger partial charge in [0.05, 0.1) is 6.04 Å². The summed E-state index contributed by atoms with van der Waals surface area (Å²) < 4.78 is 1.29. The third-order valence-electron chi connectivity index (χ3n) is 5.29. The molecule has 10 nitrogen and oxygen atoms in total. The Kier molecular flexibility index (Phi) is 6.47. The molecular weight excluding hydrogens is 432 g/mol. The predicted octanol–water partition coefficient (Wildman–Crippen LogP) is 1.94. The zero-order valence-corrected chi connectivity index (χ0v) is 18.2. The van der Waals surface area contributed by atoms with Gasteiger partial charge in [-0.05, 0) is 37.8 Å². The SMILES string of the molecule is N[C@@H](CCC(=O)O)C(=O)Nc1cccc(-c2nn3c(=O)cc(N4CCCCC4)nc3s2)c1. The molecule has 1 aliphatic rings. The normalized spacial score (nSPS) is 15.0. The number of carboxylic acid groups (broad SMARTS) is 1. The molecule has 4 N–H and O–H groups in total. The molecule has 3 heterocycles. The lowest BCUT2D eigenvalue weighted by atomic mass is 10.1. The van der Waals surface area contributed by atoms with Crippen molar-refractivity contribution < 1.29 is 14.7 Å². The maximum absolute atomic E-state index is 12.6. The van der Waals surface area contributed by atoms with Gasteiger partial charge in [-0.25, -0.2) is 4.98 Å². The molecule has 1 saturated heterocycles. The lowest BCUT2D eigenvalue weighted by Gasteiger charge is -2.27. The molecule has 1 amide bonds. The number of anilines is 2. The highest BCUT2D eigenvalue weighted by molar-refractivity contribution is 7.19. The number of aromatic nitrogens is 3. The number of rotatable bonds is 7. The van der Waals surface area contributed by atoms with Crippen LogP contribution in [0, 0.1) is 0 Å². The van der Waals surface area contributed by atoms with Gasteiger partial charge in [0.25, 0.3) is 5.56 Å². The number of hydrogen-bond acceptors (Lipinski definition) is 8. The van der Waals surface area contributed by atoms with Crippen LogP contribution < -0.4 is 21.5 Å². The number of piperidine rings is 1. The molecule has 0 bridgehead atoms. The monoisotopic (exact) mass is 456 g/mol. The molecule has 11 heteroatoms. The van der Waals surface area contributed by atoms with Crippen molar-refractivity contribution in [1.29, 1.82) is 0 Å². The molecule has 1 atom stereocenters. The fourth-order valence-corrected chi connectivity index (χ4v) is 4.47. The number of benzene rings is 1. The minimum absolute atomic E-state index is 0.0483. The van der Waals surface area contributed by atoms with Crippen LogP contribution in [0.25, 0.3) is 15.5 Å². The number of amides is 1. The van der Waals surface area contributed by atoms with Crippen molar-refractivity contribution in [3.63, 3.8) is 0 Å². The van der Waals surface area contributed by atoms with Crippen LogP contribution in [-0.4, -0.2) is 50.7 Å².